The van der Waals surface area contributed by atoms with Crippen LogP contribution in [0.2, 0.25) is 0 Å². The molecule has 0 bridgehead atoms. The lowest BCUT2D eigenvalue weighted by atomic mass is 9.98. The van der Waals surface area contributed by atoms with Crippen LogP contribution in [0.4, 0.5) is 5.69 Å². The number of H-pyrrole nitrogens is 1. The SMILES string of the molecule is CCCCCCCCOc1c(CO)c2ccc(NC(=O)C=Cc3cc(OC)c(O[C@H]4O[C@H](COC(C)=O)[C@@H](OC(C)=O)[C@H](OC(C)=O)[C@@H]4OC(C)=O)c(OC)c3)cc2[nH]c1=O. The molecule has 5 atom stereocenters. The van der Waals surface area contributed by atoms with Gasteiger partial charge in [-0.25, -0.2) is 0 Å². The zero-order valence-corrected chi connectivity index (χ0v) is 35.4. The Morgan fingerprint density at radius 3 is 2.03 bits per heavy atom. The van der Waals surface area contributed by atoms with Crippen LogP contribution in [0.5, 0.6) is 23.0 Å². The summed E-state index contributed by atoms with van der Waals surface area (Å²) in [7, 11) is 2.68. The lowest BCUT2D eigenvalue weighted by Gasteiger charge is -2.44. The van der Waals surface area contributed by atoms with Gasteiger partial charge in [-0.2, -0.15) is 0 Å². The Hall–Kier alpha value is -6.14. The summed E-state index contributed by atoms with van der Waals surface area (Å²) in [5.74, 6) is -3.48. The van der Waals surface area contributed by atoms with E-state index < -0.39 is 79.3 Å². The Morgan fingerprint density at radius 2 is 1.43 bits per heavy atom. The number of aliphatic hydroxyl groups is 1. The van der Waals surface area contributed by atoms with E-state index in [0.717, 1.165) is 59.8 Å². The first kappa shape index (κ1) is 47.5. The maximum Gasteiger partial charge on any atom is 0.303 e. The number of amides is 1. The maximum absolute atomic E-state index is 13.1. The normalized spacial score (nSPS) is 18.5. The van der Waals surface area contributed by atoms with Gasteiger partial charge in [0.2, 0.25) is 24.1 Å². The van der Waals surface area contributed by atoms with Gasteiger partial charge in [-0.1, -0.05) is 45.1 Å². The van der Waals surface area contributed by atoms with E-state index in [2.05, 4.69) is 17.2 Å². The number of rotatable bonds is 21. The molecule has 2 heterocycles. The molecule has 0 spiro atoms. The highest BCUT2D eigenvalue weighted by atomic mass is 16.7. The molecule has 332 valence electrons. The molecular weight excluding hydrogens is 800 g/mol. The maximum atomic E-state index is 13.1. The molecule has 1 aromatic heterocycles. The number of carbonyl (C=O) groups excluding carboxylic acids is 5. The van der Waals surface area contributed by atoms with Crippen molar-refractivity contribution in [3.8, 4) is 23.0 Å². The van der Waals surface area contributed by atoms with Crippen LogP contribution >= 0.6 is 0 Å². The number of unbranched alkanes of at least 4 members (excludes halogenated alkanes) is 5. The largest absolute Gasteiger partial charge is 0.493 e. The number of ether oxygens (including phenoxy) is 9. The van der Waals surface area contributed by atoms with Crippen molar-refractivity contribution in [1.29, 1.82) is 0 Å². The first-order valence-electron chi connectivity index (χ1n) is 19.8. The fourth-order valence-electron chi connectivity index (χ4n) is 6.66. The molecule has 0 saturated carbocycles. The van der Waals surface area contributed by atoms with E-state index in [1.807, 2.05) is 0 Å². The number of hydrogen-bond donors (Lipinski definition) is 3. The monoisotopic (exact) mass is 854 g/mol. The molecular formula is C43H54N2O16. The van der Waals surface area contributed by atoms with E-state index in [0.29, 0.717) is 34.3 Å². The lowest BCUT2D eigenvalue weighted by Crippen LogP contribution is -2.63. The number of fused-ring (bicyclic) bond motifs is 1. The third-order valence-electron chi connectivity index (χ3n) is 9.34. The smallest absolute Gasteiger partial charge is 0.303 e. The summed E-state index contributed by atoms with van der Waals surface area (Å²) in [4.78, 5) is 77.3. The number of carbonyl (C=O) groups is 5. The number of aromatic nitrogens is 1. The highest BCUT2D eigenvalue weighted by Crippen LogP contribution is 2.42. The number of esters is 4. The van der Waals surface area contributed by atoms with E-state index in [1.165, 1.54) is 44.9 Å². The molecule has 0 aliphatic carbocycles. The molecule has 1 aliphatic rings. The van der Waals surface area contributed by atoms with Gasteiger partial charge in [0.1, 0.15) is 12.7 Å². The standard InChI is InChI=1S/C43H54N2O16/c1-8-9-10-11-12-13-18-55-37-31(22-46)30-16-15-29(21-32(30)45-42(37)52)44-36(51)17-14-28-19-33(53-6)38(34(20-28)54-7)61-43-41(59-27(5)50)40(58-26(4)49)39(57-25(3)48)35(60-43)23-56-24(2)47/h14-17,19-21,35,39-41,43,46H,8-13,18,22-23H2,1-7H3,(H,44,51)(H,45,52)/t35-,39-,40+,41+,43-/m1/s1. The van der Waals surface area contributed by atoms with E-state index >= 15 is 0 Å². The summed E-state index contributed by atoms with van der Waals surface area (Å²) in [6, 6.07) is 7.90. The molecule has 3 aromatic rings. The molecule has 18 nitrogen and oxygen atoms in total. The predicted octanol–water partition coefficient (Wildman–Crippen LogP) is 4.89. The number of benzene rings is 2. The van der Waals surface area contributed by atoms with Crippen molar-refractivity contribution in [3.05, 3.63) is 57.9 Å². The van der Waals surface area contributed by atoms with Crippen LogP contribution in [-0.4, -0.2) is 98.0 Å². The van der Waals surface area contributed by atoms with Crippen LogP contribution < -0.4 is 29.8 Å². The van der Waals surface area contributed by atoms with Gasteiger partial charge < -0.3 is 58.0 Å². The number of anilines is 1. The van der Waals surface area contributed by atoms with Crippen molar-refractivity contribution in [2.45, 2.75) is 110 Å². The van der Waals surface area contributed by atoms with Gasteiger partial charge in [0.25, 0.3) is 5.56 Å². The van der Waals surface area contributed by atoms with E-state index in [4.69, 9.17) is 42.6 Å². The van der Waals surface area contributed by atoms with Gasteiger partial charge in [0.05, 0.1) is 33.0 Å². The van der Waals surface area contributed by atoms with Crippen molar-refractivity contribution in [2.75, 3.05) is 32.8 Å². The highest BCUT2D eigenvalue weighted by Gasteiger charge is 2.53. The number of methoxy groups -OCH3 is 2. The van der Waals surface area contributed by atoms with Crippen LogP contribution in [0.3, 0.4) is 0 Å². The fraction of sp³-hybridized carbons (Fsp3) is 0.488. The molecule has 2 aromatic carbocycles. The van der Waals surface area contributed by atoms with Gasteiger partial charge in [-0.05, 0) is 42.3 Å². The molecule has 1 amide bonds. The summed E-state index contributed by atoms with van der Waals surface area (Å²) in [6.07, 6.45) is 1.84. The van der Waals surface area contributed by atoms with Crippen molar-refractivity contribution in [2.24, 2.45) is 0 Å². The average Bonchev–Trinajstić information content (AvgIpc) is 3.20. The molecule has 4 rings (SSSR count). The molecule has 0 radical (unpaired) electrons. The molecule has 1 fully saturated rings. The van der Waals surface area contributed by atoms with Gasteiger partial charge in [-0.15, -0.1) is 0 Å². The third-order valence-corrected chi connectivity index (χ3v) is 9.34. The number of hydrogen-bond acceptors (Lipinski definition) is 16. The van der Waals surface area contributed by atoms with E-state index in [-0.39, 0.29) is 23.0 Å². The van der Waals surface area contributed by atoms with Gasteiger partial charge >= 0.3 is 23.9 Å². The molecule has 18 heteroatoms. The number of nitrogens with one attached hydrogen (secondary N) is 2. The summed E-state index contributed by atoms with van der Waals surface area (Å²) >= 11 is 0. The summed E-state index contributed by atoms with van der Waals surface area (Å²) in [5.41, 5.74) is 1.04. The minimum Gasteiger partial charge on any atom is -0.493 e. The highest BCUT2D eigenvalue weighted by molar-refractivity contribution is 6.03. The summed E-state index contributed by atoms with van der Waals surface area (Å²) in [6.45, 7) is 6.09. The first-order valence-corrected chi connectivity index (χ1v) is 19.8. The Kier molecular flexibility index (Phi) is 17.9. The fourth-order valence-corrected chi connectivity index (χ4v) is 6.66. The number of aromatic amines is 1. The molecule has 3 N–H and O–H groups in total. The molecule has 1 aliphatic heterocycles. The topological polar surface area (TPSA) is 234 Å². The molecule has 0 unspecified atom stereocenters. The van der Waals surface area contributed by atoms with Crippen LogP contribution in [0.25, 0.3) is 17.0 Å². The second-order valence-corrected chi connectivity index (χ2v) is 14.1. The third kappa shape index (κ3) is 13.4. The first-order chi connectivity index (χ1) is 29.2. The van der Waals surface area contributed by atoms with Gasteiger partial charge in [0.15, 0.2) is 29.5 Å². The Morgan fingerprint density at radius 1 is 0.803 bits per heavy atom. The van der Waals surface area contributed by atoms with Crippen LogP contribution in [0.1, 0.15) is 84.3 Å². The Balaban J connectivity index is 1.56. The van der Waals surface area contributed by atoms with Crippen LogP contribution in [0.15, 0.2) is 41.2 Å². The van der Waals surface area contributed by atoms with Crippen molar-refractivity contribution >= 4 is 52.5 Å². The van der Waals surface area contributed by atoms with Crippen LogP contribution in [0, 0.1) is 0 Å². The second kappa shape index (κ2) is 23.0. The zero-order chi connectivity index (χ0) is 44.6. The molecule has 61 heavy (non-hydrogen) atoms. The molecule has 1 saturated heterocycles. The zero-order valence-electron chi connectivity index (χ0n) is 35.4. The van der Waals surface area contributed by atoms with Gasteiger partial charge in [0, 0.05) is 50.4 Å². The van der Waals surface area contributed by atoms with Gasteiger partial charge in [-0.3, -0.25) is 28.8 Å². The lowest BCUT2D eigenvalue weighted by molar-refractivity contribution is -0.288. The van der Waals surface area contributed by atoms with Crippen LogP contribution in [-0.2, 0) is 54.3 Å². The quantitative estimate of drug-likeness (QED) is 0.0560. The van der Waals surface area contributed by atoms with Crippen molar-refractivity contribution in [1.82, 2.24) is 4.98 Å². The second-order valence-electron chi connectivity index (χ2n) is 14.1. The van der Waals surface area contributed by atoms with Crippen molar-refractivity contribution in [3.63, 3.8) is 0 Å². The Bertz CT molecular complexity index is 2090. The average molecular weight is 855 g/mol. The summed E-state index contributed by atoms with van der Waals surface area (Å²) < 4.78 is 50.8. The van der Waals surface area contributed by atoms with Crippen molar-refractivity contribution < 1.29 is 71.7 Å². The predicted molar refractivity (Wildman–Crippen MR) is 219 cm³/mol. The van der Waals surface area contributed by atoms with E-state index in [9.17, 15) is 33.9 Å². The summed E-state index contributed by atoms with van der Waals surface area (Å²) in [5, 5.41) is 13.5. The number of aliphatic hydroxyl groups excluding tert-OH is 1. The van der Waals surface area contributed by atoms with E-state index in [1.54, 1.807) is 18.2 Å². The minimum atomic E-state index is -1.58. The minimum absolute atomic E-state index is 0.0594. The number of pyridine rings is 1. The Labute approximate surface area is 352 Å².